The van der Waals surface area contributed by atoms with Crippen LogP contribution < -0.4 is 4.90 Å². The van der Waals surface area contributed by atoms with Crippen LogP contribution in [0, 0.1) is 25.5 Å². The molecule has 134 valence electrons. The maximum atomic E-state index is 13.6. The number of carbonyl (C=O) groups is 2. The largest absolute Gasteiger partial charge is 0.272 e. The number of thioether (sulfide) groups is 1. The fraction of sp³-hybridized carbons (Fsp3) is 0.200. The fourth-order valence-corrected chi connectivity index (χ4v) is 3.65. The third-order valence-electron chi connectivity index (χ3n) is 4.29. The van der Waals surface area contributed by atoms with Gasteiger partial charge in [0, 0.05) is 6.07 Å². The predicted octanol–water partition coefficient (Wildman–Crippen LogP) is 4.62. The molecule has 0 N–H and O–H groups in total. The smallest absolute Gasteiger partial charge is 0.268 e. The van der Waals surface area contributed by atoms with Crippen LogP contribution in [-0.2, 0) is 9.59 Å². The van der Waals surface area contributed by atoms with Crippen molar-refractivity contribution in [2.24, 2.45) is 0 Å². The zero-order valence-corrected chi connectivity index (χ0v) is 15.4. The highest BCUT2D eigenvalue weighted by Gasteiger charge is 2.40. The molecule has 0 fully saturated rings. The molecular weight excluding hydrogens is 356 g/mol. The van der Waals surface area contributed by atoms with Gasteiger partial charge in [0.05, 0.1) is 16.2 Å². The van der Waals surface area contributed by atoms with Crippen LogP contribution >= 0.6 is 11.8 Å². The quantitative estimate of drug-likeness (QED) is 0.734. The number of halogens is 2. The number of nitrogens with zero attached hydrogens (tertiary/aromatic N) is 1. The van der Waals surface area contributed by atoms with Crippen LogP contribution in [0.3, 0.4) is 0 Å². The Morgan fingerprint density at radius 1 is 0.923 bits per heavy atom. The molecule has 0 bridgehead atoms. The van der Waals surface area contributed by atoms with Gasteiger partial charge in [-0.15, -0.1) is 11.8 Å². The lowest BCUT2D eigenvalue weighted by atomic mass is 10.0. The van der Waals surface area contributed by atoms with Crippen molar-refractivity contribution in [2.75, 3.05) is 10.7 Å². The molecule has 0 atom stereocenters. The average molecular weight is 373 g/mol. The summed E-state index contributed by atoms with van der Waals surface area (Å²) in [6.07, 6.45) is 0. The Morgan fingerprint density at radius 3 is 2.27 bits per heavy atom. The van der Waals surface area contributed by atoms with Gasteiger partial charge in [-0.2, -0.15) is 0 Å². The lowest BCUT2D eigenvalue weighted by molar-refractivity contribution is -0.119. The summed E-state index contributed by atoms with van der Waals surface area (Å²) in [5.41, 5.74) is 3.05. The number of benzene rings is 2. The second-order valence-electron chi connectivity index (χ2n) is 5.98. The summed E-state index contributed by atoms with van der Waals surface area (Å²) in [5, 5.41) is 0. The SMILES string of the molecule is CCSC1=C(c2ccc(C)c(C)c2)C(=O)N(c2ccc(F)c(F)c2)C1=O. The van der Waals surface area contributed by atoms with Crippen LogP contribution in [0.2, 0.25) is 0 Å². The molecule has 6 heteroatoms. The van der Waals surface area contributed by atoms with Gasteiger partial charge in [0.25, 0.3) is 11.8 Å². The highest BCUT2D eigenvalue weighted by atomic mass is 32.2. The number of imide groups is 1. The molecule has 3 nitrogen and oxygen atoms in total. The van der Waals surface area contributed by atoms with Gasteiger partial charge >= 0.3 is 0 Å². The van der Waals surface area contributed by atoms with Gasteiger partial charge in [0.1, 0.15) is 0 Å². The van der Waals surface area contributed by atoms with Crippen molar-refractivity contribution in [3.63, 3.8) is 0 Å². The number of hydrogen-bond donors (Lipinski definition) is 0. The molecule has 1 aliphatic heterocycles. The van der Waals surface area contributed by atoms with Crippen LogP contribution in [0.5, 0.6) is 0 Å². The van der Waals surface area contributed by atoms with E-state index in [1.807, 2.05) is 32.9 Å². The molecular formula is C20H17F2NO2S. The first kappa shape index (κ1) is 18.3. The second kappa shape index (κ2) is 7.03. The first-order valence-electron chi connectivity index (χ1n) is 8.13. The van der Waals surface area contributed by atoms with Gasteiger partial charge < -0.3 is 0 Å². The van der Waals surface area contributed by atoms with Gasteiger partial charge in [-0.25, -0.2) is 13.7 Å². The van der Waals surface area contributed by atoms with E-state index in [1.165, 1.54) is 17.8 Å². The molecule has 3 rings (SSSR count). The van der Waals surface area contributed by atoms with E-state index >= 15 is 0 Å². The van der Waals surface area contributed by atoms with Crippen LogP contribution in [0.4, 0.5) is 14.5 Å². The molecule has 1 aliphatic rings. The summed E-state index contributed by atoms with van der Waals surface area (Å²) in [6.45, 7) is 5.78. The molecule has 1 heterocycles. The molecule has 0 aromatic heterocycles. The van der Waals surface area contributed by atoms with E-state index in [4.69, 9.17) is 0 Å². The monoisotopic (exact) mass is 373 g/mol. The normalized spacial score (nSPS) is 14.6. The molecule has 0 spiro atoms. The van der Waals surface area contributed by atoms with Crippen molar-refractivity contribution in [1.82, 2.24) is 0 Å². The predicted molar refractivity (Wildman–Crippen MR) is 99.8 cm³/mol. The first-order chi connectivity index (χ1) is 12.3. The van der Waals surface area contributed by atoms with Crippen LogP contribution in [0.1, 0.15) is 23.6 Å². The average Bonchev–Trinajstić information content (AvgIpc) is 2.84. The fourth-order valence-electron chi connectivity index (χ4n) is 2.80. The van der Waals surface area contributed by atoms with Gasteiger partial charge in [-0.3, -0.25) is 9.59 Å². The topological polar surface area (TPSA) is 37.4 Å². The lowest BCUT2D eigenvalue weighted by Gasteiger charge is -2.15. The van der Waals surface area contributed by atoms with E-state index in [-0.39, 0.29) is 5.69 Å². The minimum Gasteiger partial charge on any atom is -0.268 e. The summed E-state index contributed by atoms with van der Waals surface area (Å²) < 4.78 is 26.8. The molecule has 0 unspecified atom stereocenters. The Bertz CT molecular complexity index is 953. The van der Waals surface area contributed by atoms with Crippen LogP contribution in [0.15, 0.2) is 41.3 Å². The number of anilines is 1. The molecule has 2 aromatic rings. The minimum absolute atomic E-state index is 0.0203. The maximum Gasteiger partial charge on any atom is 0.272 e. The van der Waals surface area contributed by atoms with Gasteiger partial charge in [0.15, 0.2) is 11.6 Å². The van der Waals surface area contributed by atoms with Crippen molar-refractivity contribution in [1.29, 1.82) is 0 Å². The van der Waals surface area contributed by atoms with Gasteiger partial charge in [-0.1, -0.05) is 25.1 Å². The van der Waals surface area contributed by atoms with E-state index in [1.54, 1.807) is 6.07 Å². The zero-order valence-electron chi connectivity index (χ0n) is 14.6. The summed E-state index contributed by atoms with van der Waals surface area (Å²) in [6, 6.07) is 8.55. The Labute approximate surface area is 154 Å². The summed E-state index contributed by atoms with van der Waals surface area (Å²) in [4.78, 5) is 27.1. The third kappa shape index (κ3) is 3.05. The maximum absolute atomic E-state index is 13.6. The number of rotatable bonds is 4. The number of hydrogen-bond acceptors (Lipinski definition) is 3. The van der Waals surface area contributed by atoms with E-state index in [2.05, 4.69) is 0 Å². The molecule has 0 saturated carbocycles. The molecule has 2 amide bonds. The van der Waals surface area contributed by atoms with E-state index < -0.39 is 23.4 Å². The molecule has 26 heavy (non-hydrogen) atoms. The van der Waals surface area contributed by atoms with Crippen LogP contribution in [-0.4, -0.2) is 17.6 Å². The third-order valence-corrected chi connectivity index (χ3v) is 5.24. The number of amides is 2. The van der Waals surface area contributed by atoms with Crippen molar-refractivity contribution < 1.29 is 18.4 Å². The standard InChI is InChI=1S/C20H17F2NO2S/c1-4-26-18-17(13-6-5-11(2)12(3)9-13)19(24)23(20(18)25)14-7-8-15(21)16(22)10-14/h5-10H,4H2,1-3H3. The minimum atomic E-state index is -1.10. The number of aryl methyl sites for hydroxylation is 2. The van der Waals surface area contributed by atoms with Crippen molar-refractivity contribution >= 4 is 34.8 Å². The second-order valence-corrected chi connectivity index (χ2v) is 7.25. The Balaban J connectivity index is 2.12. The van der Waals surface area contributed by atoms with Gasteiger partial charge in [0.2, 0.25) is 0 Å². The highest BCUT2D eigenvalue weighted by Crippen LogP contribution is 2.38. The van der Waals surface area contributed by atoms with Crippen molar-refractivity contribution in [3.05, 3.63) is 69.6 Å². The molecule has 0 radical (unpaired) electrons. The summed E-state index contributed by atoms with van der Waals surface area (Å²) >= 11 is 1.27. The molecule has 2 aromatic carbocycles. The van der Waals surface area contributed by atoms with Crippen molar-refractivity contribution in [3.8, 4) is 0 Å². The highest BCUT2D eigenvalue weighted by molar-refractivity contribution is 8.04. The van der Waals surface area contributed by atoms with Crippen molar-refractivity contribution in [2.45, 2.75) is 20.8 Å². The Morgan fingerprint density at radius 2 is 1.65 bits per heavy atom. The Kier molecular flexibility index (Phi) is 4.96. The van der Waals surface area contributed by atoms with Gasteiger partial charge in [-0.05, 0) is 48.4 Å². The van der Waals surface area contributed by atoms with E-state index in [0.29, 0.717) is 21.8 Å². The molecule has 0 aliphatic carbocycles. The molecule has 0 saturated heterocycles. The first-order valence-corrected chi connectivity index (χ1v) is 9.12. The summed E-state index contributed by atoms with van der Waals surface area (Å²) in [5.74, 6) is -2.57. The zero-order chi connectivity index (χ0) is 19.0. The number of carbonyl (C=O) groups excluding carboxylic acids is 2. The van der Waals surface area contributed by atoms with E-state index in [0.717, 1.165) is 28.2 Å². The van der Waals surface area contributed by atoms with Crippen LogP contribution in [0.25, 0.3) is 5.57 Å². The Hall–Kier alpha value is -2.47. The van der Waals surface area contributed by atoms with E-state index in [9.17, 15) is 18.4 Å². The summed E-state index contributed by atoms with van der Waals surface area (Å²) in [7, 11) is 0. The lowest BCUT2D eigenvalue weighted by Crippen LogP contribution is -2.31.